The van der Waals surface area contributed by atoms with Crippen molar-refractivity contribution in [3.05, 3.63) is 64.1 Å². The zero-order valence-corrected chi connectivity index (χ0v) is 13.8. The van der Waals surface area contributed by atoms with Crippen molar-refractivity contribution in [1.82, 2.24) is 14.7 Å². The number of rotatable bonds is 6. The average Bonchev–Trinajstić information content (AvgIpc) is 3.42. The lowest BCUT2D eigenvalue weighted by molar-refractivity contribution is -0.141. The van der Waals surface area contributed by atoms with Crippen LogP contribution in [0.1, 0.15) is 35.8 Å². The van der Waals surface area contributed by atoms with E-state index in [0.29, 0.717) is 0 Å². The Morgan fingerprint density at radius 3 is 2.52 bits per heavy atom. The minimum Gasteiger partial charge on any atom is -0.480 e. The maximum absolute atomic E-state index is 12.8. The first-order valence-corrected chi connectivity index (χ1v) is 8.15. The smallest absolute Gasteiger partial charge is 0.326 e. The Morgan fingerprint density at radius 1 is 1.24 bits per heavy atom. The van der Waals surface area contributed by atoms with E-state index in [1.807, 2.05) is 30.3 Å². The molecule has 1 saturated carbocycles. The van der Waals surface area contributed by atoms with E-state index in [4.69, 9.17) is 0 Å². The molecule has 0 aliphatic heterocycles. The second-order valence-electron chi connectivity index (χ2n) is 6.16. The minimum atomic E-state index is -1.06. The Balaban J connectivity index is 1.89. The Morgan fingerprint density at radius 2 is 1.92 bits per heavy atom. The van der Waals surface area contributed by atoms with E-state index in [9.17, 15) is 19.5 Å². The lowest BCUT2D eigenvalue weighted by Crippen LogP contribution is -2.45. The molecule has 1 atom stereocenters. The summed E-state index contributed by atoms with van der Waals surface area (Å²) in [6.07, 6.45) is 1.57. The lowest BCUT2D eigenvalue weighted by atomic mass is 10.2. The summed E-state index contributed by atoms with van der Waals surface area (Å²) in [5.41, 5.74) is 0.653. The first-order chi connectivity index (χ1) is 12.0. The van der Waals surface area contributed by atoms with Crippen molar-refractivity contribution in [1.29, 1.82) is 0 Å². The summed E-state index contributed by atoms with van der Waals surface area (Å²) in [5, 5.41) is 13.4. The van der Waals surface area contributed by atoms with Gasteiger partial charge in [-0.05, 0) is 31.4 Å². The van der Waals surface area contributed by atoms with Crippen LogP contribution in [0.25, 0.3) is 0 Å². The first kappa shape index (κ1) is 16.9. The van der Waals surface area contributed by atoms with E-state index in [1.54, 1.807) is 0 Å². The number of carboxylic acid groups (broad SMARTS) is 1. The van der Waals surface area contributed by atoms with Crippen molar-refractivity contribution in [3.8, 4) is 0 Å². The van der Waals surface area contributed by atoms with E-state index >= 15 is 0 Å². The number of aliphatic carboxylic acids is 1. The van der Waals surface area contributed by atoms with Gasteiger partial charge < -0.3 is 10.0 Å². The molecule has 0 radical (unpaired) electrons. The van der Waals surface area contributed by atoms with Gasteiger partial charge in [0.25, 0.3) is 11.5 Å². The molecule has 1 N–H and O–H groups in total. The number of carboxylic acids is 1. The van der Waals surface area contributed by atoms with Crippen LogP contribution in [0.4, 0.5) is 0 Å². The molecular weight excluding hydrogens is 322 g/mol. The highest BCUT2D eigenvalue weighted by Crippen LogP contribution is 2.29. The molecule has 1 aliphatic rings. The van der Waals surface area contributed by atoms with Crippen LogP contribution >= 0.6 is 0 Å². The molecule has 1 amide bonds. The second-order valence-corrected chi connectivity index (χ2v) is 6.16. The summed E-state index contributed by atoms with van der Waals surface area (Å²) in [6.45, 7) is 1.73. The SMILES string of the molecule is CC(C(=O)O)N(C(=O)c1ccc(=O)n(Cc2ccccc2)n1)C1CC1. The van der Waals surface area contributed by atoms with Crippen molar-refractivity contribution < 1.29 is 14.7 Å². The van der Waals surface area contributed by atoms with Crippen molar-refractivity contribution in [2.45, 2.75) is 38.4 Å². The summed E-state index contributed by atoms with van der Waals surface area (Å²) in [6, 6.07) is 11.0. The molecule has 1 unspecified atom stereocenters. The Labute approximate surface area is 144 Å². The summed E-state index contributed by atoms with van der Waals surface area (Å²) in [5.74, 6) is -1.52. The van der Waals surface area contributed by atoms with Gasteiger partial charge in [0.05, 0.1) is 6.54 Å². The van der Waals surface area contributed by atoms with Gasteiger partial charge in [-0.15, -0.1) is 0 Å². The standard InChI is InChI=1S/C18H19N3O4/c1-12(18(24)25)21(14-7-8-14)17(23)15-9-10-16(22)20(19-15)11-13-5-3-2-4-6-13/h2-6,9-10,12,14H,7-8,11H2,1H3,(H,24,25). The van der Waals surface area contributed by atoms with Crippen molar-refractivity contribution in [2.24, 2.45) is 0 Å². The van der Waals surface area contributed by atoms with Gasteiger partial charge in [-0.25, -0.2) is 9.48 Å². The fourth-order valence-electron chi connectivity index (χ4n) is 2.69. The van der Waals surface area contributed by atoms with Gasteiger partial charge >= 0.3 is 5.97 Å². The van der Waals surface area contributed by atoms with E-state index in [-0.39, 0.29) is 23.8 Å². The van der Waals surface area contributed by atoms with Gasteiger partial charge in [0.2, 0.25) is 0 Å². The fraction of sp³-hybridized carbons (Fsp3) is 0.333. The van der Waals surface area contributed by atoms with E-state index in [2.05, 4.69) is 5.10 Å². The minimum absolute atomic E-state index is 0.0742. The summed E-state index contributed by atoms with van der Waals surface area (Å²) < 4.78 is 1.22. The van der Waals surface area contributed by atoms with Crippen LogP contribution < -0.4 is 5.56 Å². The molecule has 7 nitrogen and oxygen atoms in total. The van der Waals surface area contributed by atoms with E-state index in [1.165, 1.54) is 28.6 Å². The third-order valence-electron chi connectivity index (χ3n) is 4.21. The third-order valence-corrected chi connectivity index (χ3v) is 4.21. The molecule has 1 aliphatic carbocycles. The van der Waals surface area contributed by atoms with Gasteiger partial charge in [0.1, 0.15) is 11.7 Å². The Kier molecular flexibility index (Phi) is 4.65. The Hall–Kier alpha value is -2.96. The van der Waals surface area contributed by atoms with E-state index < -0.39 is 17.9 Å². The van der Waals surface area contributed by atoms with Gasteiger partial charge in [-0.2, -0.15) is 5.10 Å². The maximum Gasteiger partial charge on any atom is 0.326 e. The summed E-state index contributed by atoms with van der Waals surface area (Å²) in [4.78, 5) is 37.5. The third kappa shape index (κ3) is 3.76. The molecule has 1 fully saturated rings. The molecule has 1 aromatic heterocycles. The first-order valence-electron chi connectivity index (χ1n) is 8.15. The van der Waals surface area contributed by atoms with Crippen molar-refractivity contribution in [2.75, 3.05) is 0 Å². The van der Waals surface area contributed by atoms with Crippen LogP contribution in [0, 0.1) is 0 Å². The number of hydrogen-bond donors (Lipinski definition) is 1. The molecule has 0 saturated heterocycles. The van der Waals surface area contributed by atoms with E-state index in [0.717, 1.165) is 18.4 Å². The molecule has 0 spiro atoms. The predicted octanol–water partition coefficient (Wildman–Crippen LogP) is 1.37. The van der Waals surface area contributed by atoms with Crippen LogP contribution in [0.5, 0.6) is 0 Å². The monoisotopic (exact) mass is 341 g/mol. The number of nitrogens with zero attached hydrogens (tertiary/aromatic N) is 3. The van der Waals surface area contributed by atoms with Crippen LogP contribution in [0.3, 0.4) is 0 Å². The van der Waals surface area contributed by atoms with Crippen molar-refractivity contribution in [3.63, 3.8) is 0 Å². The number of carbonyl (C=O) groups is 2. The zero-order chi connectivity index (χ0) is 18.0. The summed E-state index contributed by atoms with van der Waals surface area (Å²) in [7, 11) is 0. The largest absolute Gasteiger partial charge is 0.480 e. The van der Waals surface area contributed by atoms with Crippen LogP contribution in [0.15, 0.2) is 47.3 Å². The highest BCUT2D eigenvalue weighted by atomic mass is 16.4. The van der Waals surface area contributed by atoms with Crippen molar-refractivity contribution >= 4 is 11.9 Å². The van der Waals surface area contributed by atoms with Gasteiger partial charge in [0.15, 0.2) is 0 Å². The average molecular weight is 341 g/mol. The number of hydrogen-bond acceptors (Lipinski definition) is 4. The predicted molar refractivity (Wildman–Crippen MR) is 90.3 cm³/mol. The topological polar surface area (TPSA) is 92.5 Å². The molecule has 25 heavy (non-hydrogen) atoms. The van der Waals surface area contributed by atoms with Crippen LogP contribution in [-0.4, -0.2) is 43.7 Å². The zero-order valence-electron chi connectivity index (χ0n) is 13.8. The quantitative estimate of drug-likeness (QED) is 0.857. The lowest BCUT2D eigenvalue weighted by Gasteiger charge is -2.26. The molecule has 1 heterocycles. The highest BCUT2D eigenvalue weighted by Gasteiger charge is 2.39. The molecular formula is C18H19N3O4. The molecule has 7 heteroatoms. The maximum atomic E-state index is 12.8. The molecule has 130 valence electrons. The van der Waals surface area contributed by atoms with Gasteiger partial charge in [0, 0.05) is 12.1 Å². The molecule has 2 aromatic rings. The second kappa shape index (κ2) is 6.88. The number of carbonyl (C=O) groups excluding carboxylic acids is 1. The number of aromatic nitrogens is 2. The summed E-state index contributed by atoms with van der Waals surface area (Å²) >= 11 is 0. The van der Waals surface area contributed by atoms with Gasteiger partial charge in [-0.1, -0.05) is 30.3 Å². The number of amides is 1. The molecule has 0 bridgehead atoms. The molecule has 3 rings (SSSR count). The van der Waals surface area contributed by atoms with Crippen LogP contribution in [-0.2, 0) is 11.3 Å². The Bertz CT molecular complexity index is 843. The molecule has 1 aromatic carbocycles. The van der Waals surface area contributed by atoms with Crippen LogP contribution in [0.2, 0.25) is 0 Å². The fourth-order valence-corrected chi connectivity index (χ4v) is 2.69. The van der Waals surface area contributed by atoms with Gasteiger partial charge in [-0.3, -0.25) is 9.59 Å². The number of benzene rings is 1. The normalized spacial score (nSPS) is 14.8. The highest BCUT2D eigenvalue weighted by molar-refractivity contribution is 5.95.